The second-order valence-electron chi connectivity index (χ2n) is 4.92. The SMILES string of the molecule is O=C(NC1CCCCC1O[N+](=O)[O-])C1CCCN1. The molecule has 0 aromatic rings. The number of nitrogens with one attached hydrogen (secondary N) is 2. The highest BCUT2D eigenvalue weighted by molar-refractivity contribution is 5.82. The van der Waals surface area contributed by atoms with Crippen molar-refractivity contribution in [2.45, 2.75) is 56.7 Å². The van der Waals surface area contributed by atoms with Crippen molar-refractivity contribution in [1.82, 2.24) is 10.6 Å². The van der Waals surface area contributed by atoms with E-state index in [-0.39, 0.29) is 18.0 Å². The van der Waals surface area contributed by atoms with E-state index in [2.05, 4.69) is 15.5 Å². The van der Waals surface area contributed by atoms with Gasteiger partial charge in [0.25, 0.3) is 5.09 Å². The summed E-state index contributed by atoms with van der Waals surface area (Å²) in [5.41, 5.74) is 0. The minimum atomic E-state index is -0.761. The van der Waals surface area contributed by atoms with Gasteiger partial charge in [-0.1, -0.05) is 12.8 Å². The van der Waals surface area contributed by atoms with Gasteiger partial charge in [-0.25, -0.2) is 0 Å². The van der Waals surface area contributed by atoms with Gasteiger partial charge in [-0.05, 0) is 32.2 Å². The van der Waals surface area contributed by atoms with Crippen LogP contribution >= 0.6 is 0 Å². The number of nitrogens with zero attached hydrogens (tertiary/aromatic N) is 1. The first-order valence-corrected chi connectivity index (χ1v) is 6.52. The second-order valence-corrected chi connectivity index (χ2v) is 4.92. The Labute approximate surface area is 105 Å². The van der Waals surface area contributed by atoms with Gasteiger partial charge >= 0.3 is 0 Å². The molecule has 0 aromatic heterocycles. The molecule has 1 heterocycles. The number of carbonyl (C=O) groups excluding carboxylic acids is 1. The maximum atomic E-state index is 11.9. The van der Waals surface area contributed by atoms with Crippen LogP contribution in [-0.2, 0) is 9.63 Å². The molecule has 1 aliphatic carbocycles. The fraction of sp³-hybridized carbons (Fsp3) is 0.909. The Morgan fingerprint density at radius 1 is 1.28 bits per heavy atom. The zero-order valence-corrected chi connectivity index (χ0v) is 10.3. The van der Waals surface area contributed by atoms with E-state index in [4.69, 9.17) is 0 Å². The van der Waals surface area contributed by atoms with Crippen molar-refractivity contribution < 1.29 is 14.7 Å². The summed E-state index contributed by atoms with van der Waals surface area (Å²) in [6.07, 6.45) is 4.59. The summed E-state index contributed by atoms with van der Waals surface area (Å²) in [6, 6.07) is -0.387. The van der Waals surface area contributed by atoms with E-state index < -0.39 is 11.2 Å². The smallest absolute Gasteiger partial charge is 0.294 e. The van der Waals surface area contributed by atoms with Crippen LogP contribution in [0.1, 0.15) is 38.5 Å². The second kappa shape index (κ2) is 5.99. The molecule has 1 saturated heterocycles. The van der Waals surface area contributed by atoms with Gasteiger partial charge in [0.2, 0.25) is 5.91 Å². The number of hydrogen-bond acceptors (Lipinski definition) is 5. The molecule has 3 unspecified atom stereocenters. The normalized spacial score (nSPS) is 31.9. The zero-order valence-electron chi connectivity index (χ0n) is 10.3. The quantitative estimate of drug-likeness (QED) is 0.560. The summed E-state index contributed by atoms with van der Waals surface area (Å²) in [7, 11) is 0. The topological polar surface area (TPSA) is 93.5 Å². The Hall–Kier alpha value is -1.37. The van der Waals surface area contributed by atoms with Crippen molar-refractivity contribution in [1.29, 1.82) is 0 Å². The first-order valence-electron chi connectivity index (χ1n) is 6.52. The summed E-state index contributed by atoms with van der Waals surface area (Å²) in [5, 5.41) is 15.7. The molecule has 0 bridgehead atoms. The lowest BCUT2D eigenvalue weighted by atomic mass is 9.92. The van der Waals surface area contributed by atoms with Crippen LogP contribution in [0.3, 0.4) is 0 Å². The molecule has 2 rings (SSSR count). The van der Waals surface area contributed by atoms with E-state index in [0.29, 0.717) is 6.42 Å². The molecule has 2 fully saturated rings. The van der Waals surface area contributed by atoms with Crippen LogP contribution in [0, 0.1) is 10.1 Å². The maximum Gasteiger partial charge on any atom is 0.294 e. The van der Waals surface area contributed by atoms with Crippen molar-refractivity contribution in [2.24, 2.45) is 0 Å². The minimum Gasteiger partial charge on any atom is -0.350 e. The van der Waals surface area contributed by atoms with E-state index in [1.54, 1.807) is 0 Å². The molecule has 1 aliphatic heterocycles. The predicted octanol–water partition coefficient (Wildman–Crippen LogP) is 0.374. The van der Waals surface area contributed by atoms with Crippen molar-refractivity contribution in [3.05, 3.63) is 10.1 Å². The molecule has 3 atom stereocenters. The van der Waals surface area contributed by atoms with E-state index >= 15 is 0 Å². The monoisotopic (exact) mass is 257 g/mol. The highest BCUT2D eigenvalue weighted by Gasteiger charge is 2.31. The Bertz CT molecular complexity index is 317. The Morgan fingerprint density at radius 2 is 2.06 bits per heavy atom. The molecule has 7 nitrogen and oxygen atoms in total. The van der Waals surface area contributed by atoms with Crippen LogP contribution in [-0.4, -0.2) is 35.7 Å². The predicted molar refractivity (Wildman–Crippen MR) is 63.3 cm³/mol. The first-order chi connectivity index (χ1) is 8.66. The summed E-state index contributed by atoms with van der Waals surface area (Å²) >= 11 is 0. The van der Waals surface area contributed by atoms with Crippen LogP contribution in [0.25, 0.3) is 0 Å². The van der Waals surface area contributed by atoms with E-state index in [1.807, 2.05) is 0 Å². The number of rotatable bonds is 4. The molecule has 2 N–H and O–H groups in total. The van der Waals surface area contributed by atoms with Crippen LogP contribution in [0.2, 0.25) is 0 Å². The van der Waals surface area contributed by atoms with Crippen molar-refractivity contribution in [3.63, 3.8) is 0 Å². The van der Waals surface area contributed by atoms with Gasteiger partial charge in [0.1, 0.15) is 6.10 Å². The molecule has 0 radical (unpaired) electrons. The highest BCUT2D eigenvalue weighted by atomic mass is 17.0. The minimum absolute atomic E-state index is 0.0589. The van der Waals surface area contributed by atoms with Gasteiger partial charge in [0, 0.05) is 0 Å². The number of hydrogen-bond donors (Lipinski definition) is 2. The molecule has 0 spiro atoms. The summed E-state index contributed by atoms with van der Waals surface area (Å²) in [5.74, 6) is -0.0589. The van der Waals surface area contributed by atoms with Crippen LogP contribution in [0.5, 0.6) is 0 Å². The third kappa shape index (κ3) is 3.32. The summed E-state index contributed by atoms with van der Waals surface area (Å²) in [6.45, 7) is 0.859. The molecule has 102 valence electrons. The fourth-order valence-corrected chi connectivity index (χ4v) is 2.69. The fourth-order valence-electron chi connectivity index (χ4n) is 2.69. The highest BCUT2D eigenvalue weighted by Crippen LogP contribution is 2.21. The van der Waals surface area contributed by atoms with E-state index in [9.17, 15) is 14.9 Å². The molecular weight excluding hydrogens is 238 g/mol. The lowest BCUT2D eigenvalue weighted by molar-refractivity contribution is -0.770. The number of carbonyl (C=O) groups is 1. The Balaban J connectivity index is 1.88. The molecule has 0 aromatic carbocycles. The zero-order chi connectivity index (χ0) is 13.0. The van der Waals surface area contributed by atoms with Gasteiger partial charge in [-0.3, -0.25) is 4.79 Å². The molecule has 1 saturated carbocycles. The standard InChI is InChI=1S/C11H19N3O4/c15-11(9-5-3-7-12-9)13-8-4-1-2-6-10(8)18-14(16)17/h8-10,12H,1-7H2,(H,13,15). The molecule has 2 aliphatic rings. The average Bonchev–Trinajstić information content (AvgIpc) is 2.84. The van der Waals surface area contributed by atoms with Gasteiger partial charge in [-0.15, -0.1) is 10.1 Å². The van der Waals surface area contributed by atoms with E-state index in [1.165, 1.54) is 0 Å². The summed E-state index contributed by atoms with van der Waals surface area (Å²) in [4.78, 5) is 27.0. The summed E-state index contributed by atoms with van der Waals surface area (Å²) < 4.78 is 0. The molecule has 1 amide bonds. The van der Waals surface area contributed by atoms with Crippen LogP contribution in [0.15, 0.2) is 0 Å². The largest absolute Gasteiger partial charge is 0.350 e. The van der Waals surface area contributed by atoms with E-state index in [0.717, 1.165) is 38.6 Å². The first kappa shape index (κ1) is 13.1. The lowest BCUT2D eigenvalue weighted by Crippen LogP contribution is -2.51. The van der Waals surface area contributed by atoms with Crippen LogP contribution in [0.4, 0.5) is 0 Å². The van der Waals surface area contributed by atoms with Crippen LogP contribution < -0.4 is 10.6 Å². The number of amides is 1. The lowest BCUT2D eigenvalue weighted by Gasteiger charge is -2.31. The van der Waals surface area contributed by atoms with Crippen molar-refractivity contribution >= 4 is 5.91 Å². The third-order valence-electron chi connectivity index (χ3n) is 3.63. The van der Waals surface area contributed by atoms with Gasteiger partial charge in [0.05, 0.1) is 12.1 Å². The Kier molecular flexibility index (Phi) is 4.35. The average molecular weight is 257 g/mol. The molecular formula is C11H19N3O4. The van der Waals surface area contributed by atoms with Gasteiger partial charge in [0.15, 0.2) is 0 Å². The molecule has 7 heteroatoms. The Morgan fingerprint density at radius 3 is 2.72 bits per heavy atom. The van der Waals surface area contributed by atoms with Gasteiger partial charge in [-0.2, -0.15) is 0 Å². The van der Waals surface area contributed by atoms with Crippen molar-refractivity contribution in [3.8, 4) is 0 Å². The van der Waals surface area contributed by atoms with Crippen molar-refractivity contribution in [2.75, 3.05) is 6.54 Å². The third-order valence-corrected chi connectivity index (χ3v) is 3.63. The molecule has 18 heavy (non-hydrogen) atoms. The van der Waals surface area contributed by atoms with Gasteiger partial charge < -0.3 is 15.5 Å². The maximum absolute atomic E-state index is 11.9.